The Labute approximate surface area is 161 Å². The molecule has 1 aliphatic heterocycles. The van der Waals surface area contributed by atoms with Crippen molar-refractivity contribution < 1.29 is 9.59 Å². The zero-order valence-corrected chi connectivity index (χ0v) is 15.2. The molecule has 2 aromatic heterocycles. The number of amides is 3. The standard InChI is InChI=1S/C16H18ClN5O2S.CH4/c1-2-22-4-3-11-12(8-22)25-15(13(11)14(18)23)21-16(24)20-10-5-9(17)6-19-7-10;/h5-7H,2-4,8H2,1H3,(H2,18,23)(H2,20,21,24);1H4. The SMILES string of the molecule is C.CCN1CCc2c(sc(NC(=O)Nc3cncc(Cl)c3)c2C(N)=O)C1. The van der Waals surface area contributed by atoms with Crippen molar-refractivity contribution in [1.29, 1.82) is 0 Å². The Morgan fingerprint density at radius 3 is 2.81 bits per heavy atom. The Morgan fingerprint density at radius 2 is 2.15 bits per heavy atom. The van der Waals surface area contributed by atoms with Gasteiger partial charge in [-0.15, -0.1) is 11.3 Å². The fourth-order valence-electron chi connectivity index (χ4n) is 2.82. The molecule has 0 atom stereocenters. The van der Waals surface area contributed by atoms with E-state index < -0.39 is 11.9 Å². The summed E-state index contributed by atoms with van der Waals surface area (Å²) in [6.45, 7) is 4.67. The first-order chi connectivity index (χ1) is 12.0. The van der Waals surface area contributed by atoms with E-state index in [1.54, 1.807) is 6.07 Å². The Bertz CT molecular complexity index is 823. The molecule has 0 aromatic carbocycles. The van der Waals surface area contributed by atoms with Gasteiger partial charge in [0.05, 0.1) is 22.5 Å². The first kappa shape index (κ1) is 20.2. The summed E-state index contributed by atoms with van der Waals surface area (Å²) >= 11 is 7.25. The van der Waals surface area contributed by atoms with Crippen molar-refractivity contribution in [3.8, 4) is 0 Å². The molecule has 0 saturated heterocycles. The van der Waals surface area contributed by atoms with Crippen LogP contribution in [0.1, 0.15) is 35.1 Å². The Hall–Kier alpha value is -2.16. The van der Waals surface area contributed by atoms with Crippen molar-refractivity contribution in [2.45, 2.75) is 27.3 Å². The van der Waals surface area contributed by atoms with Crippen molar-refractivity contribution in [2.75, 3.05) is 23.7 Å². The van der Waals surface area contributed by atoms with Crippen LogP contribution in [0.2, 0.25) is 5.02 Å². The molecule has 0 fully saturated rings. The number of aromatic nitrogens is 1. The van der Waals surface area contributed by atoms with Crippen LogP contribution in [0.25, 0.3) is 0 Å². The number of likely N-dealkylation sites (N-methyl/N-ethyl adjacent to an activating group) is 1. The predicted molar refractivity (Wildman–Crippen MR) is 106 cm³/mol. The maximum absolute atomic E-state index is 12.3. The molecule has 4 N–H and O–H groups in total. The number of hydrogen-bond acceptors (Lipinski definition) is 5. The van der Waals surface area contributed by atoms with Gasteiger partial charge in [0.25, 0.3) is 5.91 Å². The van der Waals surface area contributed by atoms with Gasteiger partial charge < -0.3 is 11.1 Å². The van der Waals surface area contributed by atoms with E-state index in [1.165, 1.54) is 23.7 Å². The molecule has 2 aromatic rings. The average Bonchev–Trinajstić information content (AvgIpc) is 2.91. The Kier molecular flexibility index (Phi) is 6.57. The van der Waals surface area contributed by atoms with E-state index in [1.807, 2.05) is 0 Å². The normalized spacial score (nSPS) is 13.5. The molecule has 9 heteroatoms. The summed E-state index contributed by atoms with van der Waals surface area (Å²) in [6, 6.07) is 1.11. The van der Waals surface area contributed by atoms with Gasteiger partial charge >= 0.3 is 6.03 Å². The number of hydrogen-bond donors (Lipinski definition) is 3. The minimum Gasteiger partial charge on any atom is -0.365 e. The van der Waals surface area contributed by atoms with Crippen LogP contribution < -0.4 is 16.4 Å². The van der Waals surface area contributed by atoms with E-state index in [-0.39, 0.29) is 7.43 Å². The molecule has 0 aliphatic carbocycles. The lowest BCUT2D eigenvalue weighted by atomic mass is 10.0. The highest BCUT2D eigenvalue weighted by Gasteiger charge is 2.27. The minimum atomic E-state index is -0.526. The smallest absolute Gasteiger partial charge is 0.324 e. The number of fused-ring (bicyclic) bond motifs is 1. The topological polar surface area (TPSA) is 100 Å². The fraction of sp³-hybridized carbons (Fsp3) is 0.353. The number of nitrogens with two attached hydrogens (primary N) is 1. The molecule has 26 heavy (non-hydrogen) atoms. The van der Waals surface area contributed by atoms with Gasteiger partial charge in [-0.05, 0) is 24.6 Å². The fourth-order valence-corrected chi connectivity index (χ4v) is 4.29. The van der Waals surface area contributed by atoms with E-state index in [9.17, 15) is 9.59 Å². The highest BCUT2D eigenvalue weighted by molar-refractivity contribution is 7.17. The van der Waals surface area contributed by atoms with Crippen LogP contribution >= 0.6 is 22.9 Å². The molecular weight excluding hydrogens is 374 g/mol. The van der Waals surface area contributed by atoms with Crippen LogP contribution in [0.3, 0.4) is 0 Å². The zero-order chi connectivity index (χ0) is 18.0. The van der Waals surface area contributed by atoms with Crippen molar-refractivity contribution in [3.05, 3.63) is 39.5 Å². The highest BCUT2D eigenvalue weighted by Crippen LogP contribution is 2.36. The number of carbonyl (C=O) groups is 2. The van der Waals surface area contributed by atoms with Crippen molar-refractivity contribution in [2.24, 2.45) is 5.73 Å². The monoisotopic (exact) mass is 395 g/mol. The van der Waals surface area contributed by atoms with Crippen LogP contribution in [0.15, 0.2) is 18.5 Å². The third-order valence-electron chi connectivity index (χ3n) is 4.02. The van der Waals surface area contributed by atoms with Gasteiger partial charge in [0.1, 0.15) is 5.00 Å². The number of thiophene rings is 1. The number of nitrogens with one attached hydrogen (secondary N) is 2. The van der Waals surface area contributed by atoms with Crippen molar-refractivity contribution >= 4 is 45.6 Å². The van der Waals surface area contributed by atoms with Crippen LogP contribution in [-0.4, -0.2) is 34.9 Å². The van der Waals surface area contributed by atoms with Gasteiger partial charge in [0, 0.05) is 24.2 Å². The quantitative estimate of drug-likeness (QED) is 0.736. The van der Waals surface area contributed by atoms with Gasteiger partial charge in [0.15, 0.2) is 0 Å². The molecular formula is C17H22ClN5O2S. The second kappa shape index (κ2) is 8.48. The van der Waals surface area contributed by atoms with Crippen LogP contribution in [0, 0.1) is 0 Å². The third-order valence-corrected chi connectivity index (χ3v) is 5.36. The molecule has 0 bridgehead atoms. The van der Waals surface area contributed by atoms with Crippen LogP contribution in [0.5, 0.6) is 0 Å². The second-order valence-corrected chi connectivity index (χ2v) is 7.20. The molecule has 0 radical (unpaired) electrons. The summed E-state index contributed by atoms with van der Waals surface area (Å²) in [5, 5.41) is 6.27. The summed E-state index contributed by atoms with van der Waals surface area (Å²) < 4.78 is 0. The van der Waals surface area contributed by atoms with Crippen LogP contribution in [0.4, 0.5) is 15.5 Å². The molecule has 0 saturated carbocycles. The average molecular weight is 396 g/mol. The Morgan fingerprint density at radius 1 is 1.38 bits per heavy atom. The number of anilines is 2. The summed E-state index contributed by atoms with van der Waals surface area (Å²) in [5.41, 5.74) is 7.37. The largest absolute Gasteiger partial charge is 0.365 e. The lowest BCUT2D eigenvalue weighted by Crippen LogP contribution is -2.30. The maximum atomic E-state index is 12.3. The molecule has 0 unspecified atom stereocenters. The molecule has 1 aliphatic rings. The molecule has 7 nitrogen and oxygen atoms in total. The van der Waals surface area contributed by atoms with Gasteiger partial charge in [-0.3, -0.25) is 20.0 Å². The lowest BCUT2D eigenvalue weighted by Gasteiger charge is -2.25. The number of primary amides is 1. The minimum absolute atomic E-state index is 0. The molecule has 0 spiro atoms. The number of nitrogens with zero attached hydrogens (tertiary/aromatic N) is 2. The molecule has 140 valence electrons. The van der Waals surface area contributed by atoms with Gasteiger partial charge in [-0.2, -0.15) is 0 Å². The number of pyridine rings is 1. The number of carbonyl (C=O) groups excluding carboxylic acids is 2. The van der Waals surface area contributed by atoms with Crippen LogP contribution in [-0.2, 0) is 13.0 Å². The van der Waals surface area contributed by atoms with E-state index in [0.717, 1.165) is 36.5 Å². The van der Waals surface area contributed by atoms with E-state index in [4.69, 9.17) is 17.3 Å². The first-order valence-electron chi connectivity index (χ1n) is 7.83. The predicted octanol–water partition coefficient (Wildman–Crippen LogP) is 3.55. The maximum Gasteiger partial charge on any atom is 0.324 e. The number of rotatable bonds is 4. The Balaban J connectivity index is 0.00000243. The summed E-state index contributed by atoms with van der Waals surface area (Å²) in [5.74, 6) is -0.526. The lowest BCUT2D eigenvalue weighted by molar-refractivity contribution is 0.1000. The first-order valence-corrected chi connectivity index (χ1v) is 9.02. The van der Waals surface area contributed by atoms with Gasteiger partial charge in [-0.25, -0.2) is 4.79 Å². The number of urea groups is 1. The molecule has 3 amide bonds. The van der Waals surface area contributed by atoms with E-state index in [2.05, 4.69) is 27.4 Å². The number of halogens is 1. The summed E-state index contributed by atoms with van der Waals surface area (Å²) in [6.07, 6.45) is 3.71. The second-order valence-electron chi connectivity index (χ2n) is 5.66. The zero-order valence-electron chi connectivity index (χ0n) is 13.6. The van der Waals surface area contributed by atoms with Gasteiger partial charge in [0.2, 0.25) is 0 Å². The highest BCUT2D eigenvalue weighted by atomic mass is 35.5. The summed E-state index contributed by atoms with van der Waals surface area (Å²) in [7, 11) is 0. The van der Waals surface area contributed by atoms with E-state index >= 15 is 0 Å². The van der Waals surface area contributed by atoms with Crippen molar-refractivity contribution in [1.82, 2.24) is 9.88 Å². The van der Waals surface area contributed by atoms with Crippen molar-refractivity contribution in [3.63, 3.8) is 0 Å². The third kappa shape index (κ3) is 4.32. The molecule has 3 heterocycles. The van der Waals surface area contributed by atoms with Gasteiger partial charge in [-0.1, -0.05) is 26.0 Å². The molecule has 3 rings (SSSR count). The van der Waals surface area contributed by atoms with E-state index in [0.29, 0.717) is 21.3 Å². The summed E-state index contributed by atoms with van der Waals surface area (Å²) in [4.78, 5) is 31.4.